The minimum Gasteiger partial charge on any atom is -0.296 e. The zero-order valence-corrected chi connectivity index (χ0v) is 11.0. The van der Waals surface area contributed by atoms with Gasteiger partial charge in [0.1, 0.15) is 0 Å². The lowest BCUT2D eigenvalue weighted by atomic mass is 10.1. The molecule has 0 radical (unpaired) electrons. The topological polar surface area (TPSA) is 3.24 Å². The van der Waals surface area contributed by atoms with Gasteiger partial charge < -0.3 is 0 Å². The summed E-state index contributed by atoms with van der Waals surface area (Å²) in [7, 11) is 0. The van der Waals surface area contributed by atoms with Crippen LogP contribution in [-0.2, 0) is 6.54 Å². The molecule has 0 bridgehead atoms. The zero-order chi connectivity index (χ0) is 10.8. The Morgan fingerprint density at radius 2 is 2.27 bits per heavy atom. The van der Waals surface area contributed by atoms with E-state index in [1.54, 1.807) is 0 Å². The average molecular weight is 268 g/mol. The van der Waals surface area contributed by atoms with Gasteiger partial charge in [-0.3, -0.25) is 4.90 Å². The third-order valence-electron chi connectivity index (χ3n) is 3.31. The first-order valence-corrected chi connectivity index (χ1v) is 6.45. The van der Waals surface area contributed by atoms with Crippen LogP contribution in [0.2, 0.25) is 0 Å². The van der Waals surface area contributed by atoms with Gasteiger partial charge in [0.05, 0.1) is 0 Å². The molecule has 1 unspecified atom stereocenters. The van der Waals surface area contributed by atoms with Gasteiger partial charge in [0.2, 0.25) is 0 Å². The van der Waals surface area contributed by atoms with Crippen LogP contribution < -0.4 is 0 Å². The van der Waals surface area contributed by atoms with E-state index in [9.17, 15) is 0 Å². The van der Waals surface area contributed by atoms with Crippen molar-refractivity contribution in [2.24, 2.45) is 0 Å². The van der Waals surface area contributed by atoms with E-state index < -0.39 is 0 Å². The third kappa shape index (κ3) is 2.61. The Morgan fingerprint density at radius 1 is 1.47 bits per heavy atom. The second-order valence-electron chi connectivity index (χ2n) is 4.55. The van der Waals surface area contributed by atoms with Gasteiger partial charge in [0.15, 0.2) is 0 Å². The maximum absolute atomic E-state index is 3.59. The molecule has 1 aromatic carbocycles. The van der Waals surface area contributed by atoms with Crippen LogP contribution in [0.15, 0.2) is 22.7 Å². The zero-order valence-electron chi connectivity index (χ0n) is 9.46. The number of rotatable bonds is 2. The number of hydrogen-bond acceptors (Lipinski definition) is 1. The van der Waals surface area contributed by atoms with Crippen molar-refractivity contribution in [3.05, 3.63) is 33.8 Å². The maximum Gasteiger partial charge on any atom is 0.0236 e. The summed E-state index contributed by atoms with van der Waals surface area (Å²) in [4.78, 5) is 2.57. The number of nitrogens with zero attached hydrogens (tertiary/aromatic N) is 1. The molecule has 2 heteroatoms. The van der Waals surface area contributed by atoms with Crippen LogP contribution in [0.4, 0.5) is 0 Å². The van der Waals surface area contributed by atoms with Crippen molar-refractivity contribution in [3.8, 4) is 0 Å². The molecule has 1 aromatic rings. The highest BCUT2D eigenvalue weighted by molar-refractivity contribution is 9.10. The number of aryl methyl sites for hydroxylation is 1. The Labute approximate surface area is 101 Å². The molecule has 0 aromatic heterocycles. The van der Waals surface area contributed by atoms with E-state index in [0.717, 1.165) is 12.6 Å². The number of likely N-dealkylation sites (tertiary alicyclic amines) is 1. The van der Waals surface area contributed by atoms with Gasteiger partial charge in [0.25, 0.3) is 0 Å². The van der Waals surface area contributed by atoms with E-state index in [-0.39, 0.29) is 0 Å². The maximum atomic E-state index is 3.59. The van der Waals surface area contributed by atoms with E-state index in [4.69, 9.17) is 0 Å². The fraction of sp³-hybridized carbons (Fsp3) is 0.538. The Bertz CT molecular complexity index is 348. The Hall–Kier alpha value is -0.340. The molecule has 0 spiro atoms. The minimum absolute atomic E-state index is 0.755. The van der Waals surface area contributed by atoms with Gasteiger partial charge in [-0.25, -0.2) is 0 Å². The fourth-order valence-electron chi connectivity index (χ4n) is 2.20. The van der Waals surface area contributed by atoms with Crippen molar-refractivity contribution in [3.63, 3.8) is 0 Å². The summed E-state index contributed by atoms with van der Waals surface area (Å²) in [5.41, 5.74) is 2.73. The summed E-state index contributed by atoms with van der Waals surface area (Å²) < 4.78 is 1.23. The quantitative estimate of drug-likeness (QED) is 0.789. The first kappa shape index (κ1) is 11.2. The lowest BCUT2D eigenvalue weighted by molar-refractivity contribution is 0.260. The predicted octanol–water partition coefficient (Wildman–Crippen LogP) is 3.74. The summed E-state index contributed by atoms with van der Waals surface area (Å²) in [5.74, 6) is 0. The number of benzene rings is 1. The lowest BCUT2D eigenvalue weighted by Gasteiger charge is -2.21. The Morgan fingerprint density at radius 3 is 2.87 bits per heavy atom. The molecule has 1 fully saturated rings. The monoisotopic (exact) mass is 267 g/mol. The molecule has 1 aliphatic heterocycles. The SMILES string of the molecule is Cc1ccc(CN2CCCC2C)cc1Br. The van der Waals surface area contributed by atoms with Crippen LogP contribution in [0, 0.1) is 6.92 Å². The second kappa shape index (κ2) is 4.67. The van der Waals surface area contributed by atoms with Crippen molar-refractivity contribution >= 4 is 15.9 Å². The molecule has 1 aliphatic rings. The smallest absolute Gasteiger partial charge is 0.0236 e. The highest BCUT2D eigenvalue weighted by Crippen LogP contribution is 2.22. The largest absolute Gasteiger partial charge is 0.296 e. The lowest BCUT2D eigenvalue weighted by Crippen LogP contribution is -2.26. The van der Waals surface area contributed by atoms with Gasteiger partial charge in [-0.15, -0.1) is 0 Å². The van der Waals surface area contributed by atoms with Crippen LogP contribution >= 0.6 is 15.9 Å². The van der Waals surface area contributed by atoms with Gasteiger partial charge in [-0.2, -0.15) is 0 Å². The highest BCUT2D eigenvalue weighted by Gasteiger charge is 2.19. The molecule has 1 nitrogen and oxygen atoms in total. The van der Waals surface area contributed by atoms with Crippen molar-refractivity contribution in [1.29, 1.82) is 0 Å². The highest BCUT2D eigenvalue weighted by atomic mass is 79.9. The minimum atomic E-state index is 0.755. The third-order valence-corrected chi connectivity index (χ3v) is 4.17. The van der Waals surface area contributed by atoms with E-state index in [0.29, 0.717) is 0 Å². The molecule has 0 amide bonds. The molecule has 0 saturated carbocycles. The van der Waals surface area contributed by atoms with Gasteiger partial charge in [-0.1, -0.05) is 28.1 Å². The molecule has 1 heterocycles. The summed E-state index contributed by atoms with van der Waals surface area (Å²) in [6.45, 7) is 6.81. The van der Waals surface area contributed by atoms with Crippen molar-refractivity contribution in [1.82, 2.24) is 4.90 Å². The van der Waals surface area contributed by atoms with Gasteiger partial charge in [-0.05, 0) is 50.4 Å². The Kier molecular flexibility index (Phi) is 3.47. The van der Waals surface area contributed by atoms with Crippen LogP contribution in [-0.4, -0.2) is 17.5 Å². The predicted molar refractivity (Wildman–Crippen MR) is 68.0 cm³/mol. The van der Waals surface area contributed by atoms with E-state index in [2.05, 4.69) is 52.9 Å². The van der Waals surface area contributed by atoms with Crippen molar-refractivity contribution in [2.75, 3.05) is 6.54 Å². The fourth-order valence-corrected chi connectivity index (χ4v) is 2.62. The molecule has 82 valence electrons. The average Bonchev–Trinajstić information content (AvgIpc) is 2.59. The first-order chi connectivity index (χ1) is 7.16. The number of hydrogen-bond donors (Lipinski definition) is 0. The van der Waals surface area contributed by atoms with Crippen LogP contribution in [0.5, 0.6) is 0 Å². The molecule has 15 heavy (non-hydrogen) atoms. The van der Waals surface area contributed by atoms with Crippen molar-refractivity contribution < 1.29 is 0 Å². The molecule has 0 N–H and O–H groups in total. The molecular weight excluding hydrogens is 250 g/mol. The molecule has 1 saturated heterocycles. The molecular formula is C13H18BrN. The van der Waals surface area contributed by atoms with Crippen LogP contribution in [0.3, 0.4) is 0 Å². The summed E-state index contributed by atoms with van der Waals surface area (Å²) in [5, 5.41) is 0. The summed E-state index contributed by atoms with van der Waals surface area (Å²) >= 11 is 3.59. The summed E-state index contributed by atoms with van der Waals surface area (Å²) in [6.07, 6.45) is 2.71. The Balaban J connectivity index is 2.07. The molecule has 1 atom stereocenters. The van der Waals surface area contributed by atoms with E-state index in [1.165, 1.54) is 35.0 Å². The normalized spacial score (nSPS) is 22.2. The van der Waals surface area contributed by atoms with Crippen molar-refractivity contribution in [2.45, 2.75) is 39.3 Å². The van der Waals surface area contributed by atoms with Crippen LogP contribution in [0.25, 0.3) is 0 Å². The molecule has 0 aliphatic carbocycles. The summed E-state index contributed by atoms with van der Waals surface area (Å²) in [6, 6.07) is 7.44. The van der Waals surface area contributed by atoms with E-state index in [1.807, 2.05) is 0 Å². The van der Waals surface area contributed by atoms with Crippen LogP contribution in [0.1, 0.15) is 30.9 Å². The second-order valence-corrected chi connectivity index (χ2v) is 5.40. The first-order valence-electron chi connectivity index (χ1n) is 5.66. The molecule has 2 rings (SSSR count). The van der Waals surface area contributed by atoms with Gasteiger partial charge in [0, 0.05) is 17.1 Å². The standard InChI is InChI=1S/C13H18BrN/c1-10-5-6-12(8-13(10)14)9-15-7-3-4-11(15)2/h5-6,8,11H,3-4,7,9H2,1-2H3. The van der Waals surface area contributed by atoms with Gasteiger partial charge >= 0.3 is 0 Å². The number of halogens is 1. The van der Waals surface area contributed by atoms with E-state index >= 15 is 0 Å².